The second kappa shape index (κ2) is 10.8. The topological polar surface area (TPSA) is 90.2 Å². The monoisotopic (exact) mass is 547 g/mol. The van der Waals surface area contributed by atoms with Crippen LogP contribution in [0, 0.1) is 12.3 Å². The molecule has 0 N–H and O–H groups in total. The molecule has 38 heavy (non-hydrogen) atoms. The molecule has 1 amide bonds. The van der Waals surface area contributed by atoms with Gasteiger partial charge >= 0.3 is 0 Å². The van der Waals surface area contributed by atoms with Gasteiger partial charge < -0.3 is 14.0 Å². The summed E-state index contributed by atoms with van der Waals surface area (Å²) in [5.41, 5.74) is 1.96. The van der Waals surface area contributed by atoms with Crippen LogP contribution in [0.4, 0.5) is 0 Å². The van der Waals surface area contributed by atoms with E-state index in [0.717, 1.165) is 15.8 Å². The number of carbonyl (C=O) groups is 1. The highest BCUT2D eigenvalue weighted by Crippen LogP contribution is 2.35. The number of carbonyl (C=O) groups excluding carboxylic acids is 1. The zero-order valence-electron chi connectivity index (χ0n) is 20.7. The van der Waals surface area contributed by atoms with E-state index >= 15 is 0 Å². The molecule has 3 aromatic carbocycles. The molecule has 194 valence electrons. The van der Waals surface area contributed by atoms with Crippen molar-refractivity contribution in [3.63, 3.8) is 0 Å². The number of ether oxygens (including phenoxy) is 2. The van der Waals surface area contributed by atoms with Gasteiger partial charge in [-0.25, -0.2) is 8.42 Å². The highest BCUT2D eigenvalue weighted by molar-refractivity contribution is 7.89. The Morgan fingerprint density at radius 1 is 1.08 bits per heavy atom. The Morgan fingerprint density at radius 3 is 2.42 bits per heavy atom. The number of sulfonamides is 1. The second-order valence-electron chi connectivity index (χ2n) is 8.50. The fourth-order valence-corrected chi connectivity index (χ4v) is 6.63. The molecule has 0 spiro atoms. The number of nitrogens with zero attached hydrogens (tertiary/aromatic N) is 3. The minimum absolute atomic E-state index is 0.113. The maximum absolute atomic E-state index is 13.2. The van der Waals surface area contributed by atoms with Crippen LogP contribution in [0.3, 0.4) is 0 Å². The maximum atomic E-state index is 13.2. The summed E-state index contributed by atoms with van der Waals surface area (Å²) in [5, 5.41) is 0. The van der Waals surface area contributed by atoms with E-state index in [1.165, 1.54) is 39.9 Å². The third-order valence-corrected chi connectivity index (χ3v) is 9.06. The molecule has 8 nitrogen and oxygen atoms in total. The van der Waals surface area contributed by atoms with Crippen LogP contribution in [-0.2, 0) is 23.1 Å². The molecule has 0 radical (unpaired) electrons. The smallest absolute Gasteiger partial charge is 0.279 e. The van der Waals surface area contributed by atoms with Crippen LogP contribution in [0.25, 0.3) is 10.2 Å². The van der Waals surface area contributed by atoms with Crippen LogP contribution in [-0.4, -0.2) is 43.0 Å². The van der Waals surface area contributed by atoms with E-state index in [0.29, 0.717) is 36.1 Å². The van der Waals surface area contributed by atoms with Crippen molar-refractivity contribution in [2.75, 3.05) is 19.8 Å². The summed E-state index contributed by atoms with van der Waals surface area (Å²) < 4.78 is 41.9. The van der Waals surface area contributed by atoms with E-state index in [-0.39, 0.29) is 23.5 Å². The number of benzene rings is 3. The summed E-state index contributed by atoms with van der Waals surface area (Å²) in [6.07, 6.45) is 5.59. The number of hydrogen-bond acceptors (Lipinski definition) is 6. The Labute approximate surface area is 224 Å². The number of thiazole rings is 1. The molecule has 1 aliphatic rings. The molecular weight excluding hydrogens is 522 g/mol. The van der Waals surface area contributed by atoms with E-state index < -0.39 is 15.9 Å². The lowest BCUT2D eigenvalue weighted by Gasteiger charge is -2.20. The zero-order chi connectivity index (χ0) is 26.7. The molecule has 1 aromatic heterocycles. The normalized spacial score (nSPS) is 13.6. The lowest BCUT2D eigenvalue weighted by molar-refractivity contribution is 0.0997. The minimum atomic E-state index is -3.75. The Bertz CT molecular complexity index is 1700. The van der Waals surface area contributed by atoms with Crippen molar-refractivity contribution in [2.45, 2.75) is 24.9 Å². The fraction of sp³-hybridized carbons (Fsp3) is 0.214. The Balaban J connectivity index is 1.44. The van der Waals surface area contributed by atoms with Gasteiger partial charge in [-0.3, -0.25) is 4.79 Å². The quantitative estimate of drug-likeness (QED) is 0.326. The molecule has 0 saturated heterocycles. The Kier molecular flexibility index (Phi) is 7.33. The van der Waals surface area contributed by atoms with Gasteiger partial charge in [0.2, 0.25) is 10.0 Å². The first-order chi connectivity index (χ1) is 18.4. The molecule has 2 heterocycles. The van der Waals surface area contributed by atoms with Crippen molar-refractivity contribution in [1.29, 1.82) is 0 Å². The summed E-state index contributed by atoms with van der Waals surface area (Å²) in [6, 6.07) is 19.0. The van der Waals surface area contributed by atoms with Gasteiger partial charge in [-0.2, -0.15) is 9.30 Å². The number of hydrogen-bond donors (Lipinski definition) is 0. The molecule has 0 atom stereocenters. The fourth-order valence-electron chi connectivity index (χ4n) is 4.16. The SMILES string of the molecule is C#CCn1c(=NC(=O)c2ccc(S(=O)(=O)N(CC)Cc3ccccc3)cc2)sc2cc3c(cc21)OCCO3. The standard InChI is InChI=1S/C28H25N3O5S2/c1-3-14-31-23-17-24-25(36-16-15-35-24)18-26(23)37-28(31)29-27(32)21-10-12-22(13-11-21)38(33,34)30(4-2)19-20-8-6-5-7-9-20/h1,5-13,17-18H,4,14-16,19H2,2H3. The van der Waals surface area contributed by atoms with E-state index in [9.17, 15) is 13.2 Å². The van der Waals surface area contributed by atoms with Crippen LogP contribution in [0.1, 0.15) is 22.8 Å². The van der Waals surface area contributed by atoms with Crippen LogP contribution >= 0.6 is 11.3 Å². The summed E-state index contributed by atoms with van der Waals surface area (Å²) in [4.78, 5) is 17.9. The average Bonchev–Trinajstić information content (AvgIpc) is 3.26. The van der Waals surface area contributed by atoms with E-state index in [1.54, 1.807) is 11.5 Å². The predicted octanol–water partition coefficient (Wildman–Crippen LogP) is 4.06. The zero-order valence-corrected chi connectivity index (χ0v) is 22.3. The van der Waals surface area contributed by atoms with Crippen molar-refractivity contribution < 1.29 is 22.7 Å². The first-order valence-corrected chi connectivity index (χ1v) is 14.3. The van der Waals surface area contributed by atoms with Gasteiger partial charge in [-0.1, -0.05) is 54.5 Å². The van der Waals surface area contributed by atoms with Gasteiger partial charge in [-0.15, -0.1) is 6.42 Å². The van der Waals surface area contributed by atoms with Gasteiger partial charge in [0, 0.05) is 30.8 Å². The van der Waals surface area contributed by atoms with Crippen molar-refractivity contribution in [1.82, 2.24) is 8.87 Å². The molecule has 10 heteroatoms. The Morgan fingerprint density at radius 2 is 1.76 bits per heavy atom. The molecule has 5 rings (SSSR count). The van der Waals surface area contributed by atoms with Crippen LogP contribution in [0.2, 0.25) is 0 Å². The first kappa shape index (κ1) is 25.7. The predicted molar refractivity (Wildman–Crippen MR) is 146 cm³/mol. The van der Waals surface area contributed by atoms with Crippen molar-refractivity contribution >= 4 is 37.5 Å². The maximum Gasteiger partial charge on any atom is 0.279 e. The highest BCUT2D eigenvalue weighted by Gasteiger charge is 2.24. The summed E-state index contributed by atoms with van der Waals surface area (Å²) in [5.74, 6) is 3.37. The third-order valence-electron chi connectivity index (χ3n) is 6.09. The molecule has 0 aliphatic carbocycles. The Hall–Kier alpha value is -3.91. The number of rotatable bonds is 7. The molecule has 0 fully saturated rings. The number of terminal acetylenes is 1. The largest absolute Gasteiger partial charge is 0.486 e. The first-order valence-electron chi connectivity index (χ1n) is 12.0. The van der Waals surface area contributed by atoms with Crippen molar-refractivity contribution in [2.24, 2.45) is 4.99 Å². The van der Waals surface area contributed by atoms with Gasteiger partial charge in [0.1, 0.15) is 13.2 Å². The molecule has 0 unspecified atom stereocenters. The second-order valence-corrected chi connectivity index (χ2v) is 11.4. The van der Waals surface area contributed by atoms with Crippen LogP contribution in [0.15, 0.2) is 76.6 Å². The molecular formula is C28H25N3O5S2. The van der Waals surface area contributed by atoms with Crippen LogP contribution < -0.4 is 14.3 Å². The van der Waals surface area contributed by atoms with Crippen molar-refractivity contribution in [3.8, 4) is 23.8 Å². The summed E-state index contributed by atoms with van der Waals surface area (Å²) in [7, 11) is -3.75. The van der Waals surface area contributed by atoms with E-state index in [1.807, 2.05) is 42.5 Å². The van der Waals surface area contributed by atoms with E-state index in [2.05, 4.69) is 10.9 Å². The summed E-state index contributed by atoms with van der Waals surface area (Å²) in [6.45, 7) is 3.52. The van der Waals surface area contributed by atoms with Crippen LogP contribution in [0.5, 0.6) is 11.5 Å². The number of fused-ring (bicyclic) bond motifs is 2. The lowest BCUT2D eigenvalue weighted by Crippen LogP contribution is -2.30. The molecule has 4 aromatic rings. The van der Waals surface area contributed by atoms with E-state index in [4.69, 9.17) is 15.9 Å². The average molecular weight is 548 g/mol. The van der Waals surface area contributed by atoms with Gasteiger partial charge in [0.05, 0.1) is 21.7 Å². The van der Waals surface area contributed by atoms with Gasteiger partial charge in [0.15, 0.2) is 16.3 Å². The molecule has 0 bridgehead atoms. The lowest BCUT2D eigenvalue weighted by atomic mass is 10.2. The van der Waals surface area contributed by atoms with Crippen molar-refractivity contribution in [3.05, 3.63) is 82.7 Å². The molecule has 1 aliphatic heterocycles. The van der Waals surface area contributed by atoms with Gasteiger partial charge in [-0.05, 0) is 29.8 Å². The highest BCUT2D eigenvalue weighted by atomic mass is 32.2. The third kappa shape index (κ3) is 5.09. The number of amides is 1. The minimum Gasteiger partial charge on any atom is -0.486 e. The molecule has 0 saturated carbocycles. The summed E-state index contributed by atoms with van der Waals surface area (Å²) >= 11 is 1.32. The van der Waals surface area contributed by atoms with Gasteiger partial charge in [0.25, 0.3) is 5.91 Å². The number of aromatic nitrogens is 1.